The van der Waals surface area contributed by atoms with Crippen molar-refractivity contribution in [3.05, 3.63) is 47.8 Å². The number of nitrogens with zero attached hydrogens (tertiary/aromatic N) is 2. The topological polar surface area (TPSA) is 47.0 Å². The Hall–Kier alpha value is -1.81. The Bertz CT molecular complexity index is 516. The molecule has 0 saturated heterocycles. The average Bonchev–Trinajstić information content (AvgIpc) is 2.46. The maximum Gasteiger partial charge on any atom is 0.234 e. The Morgan fingerprint density at radius 1 is 1.16 bits per heavy atom. The number of alkyl halides is 1. The zero-order valence-corrected chi connectivity index (χ0v) is 11.5. The highest BCUT2D eigenvalue weighted by Crippen LogP contribution is 2.11. The lowest BCUT2D eigenvalue weighted by Gasteiger charge is -2.07. The number of hydrogen-bond acceptors (Lipinski definition) is 4. The molecule has 2 rings (SSSR count). The maximum atomic E-state index is 5.75. The number of benzene rings is 1. The zero-order valence-electron chi connectivity index (χ0n) is 10.8. The van der Waals surface area contributed by atoms with Gasteiger partial charge in [-0.05, 0) is 18.1 Å². The molecule has 4 nitrogen and oxygen atoms in total. The number of anilines is 1. The molecule has 1 aromatic carbocycles. The van der Waals surface area contributed by atoms with Crippen LogP contribution < -0.4 is 10.1 Å². The van der Waals surface area contributed by atoms with E-state index in [0.717, 1.165) is 11.1 Å². The summed E-state index contributed by atoms with van der Waals surface area (Å²) >= 11 is 5.75. The SMILES string of the molecule is CCOc1cncc(NCc2ccc(CCl)cc2)n1. The van der Waals surface area contributed by atoms with Crippen molar-refractivity contribution in [2.75, 3.05) is 11.9 Å². The van der Waals surface area contributed by atoms with Gasteiger partial charge in [-0.25, -0.2) is 0 Å². The summed E-state index contributed by atoms with van der Waals surface area (Å²) in [4.78, 5) is 8.37. The molecule has 1 N–H and O–H groups in total. The fraction of sp³-hybridized carbons (Fsp3) is 0.286. The molecule has 1 aromatic heterocycles. The first-order chi connectivity index (χ1) is 9.31. The number of rotatable bonds is 6. The molecule has 0 saturated carbocycles. The van der Waals surface area contributed by atoms with Crippen molar-refractivity contribution in [1.82, 2.24) is 9.97 Å². The van der Waals surface area contributed by atoms with Crippen LogP contribution in [0.25, 0.3) is 0 Å². The minimum Gasteiger partial charge on any atom is -0.477 e. The van der Waals surface area contributed by atoms with Gasteiger partial charge in [-0.2, -0.15) is 4.98 Å². The molecule has 0 aliphatic heterocycles. The lowest BCUT2D eigenvalue weighted by molar-refractivity contribution is 0.325. The van der Waals surface area contributed by atoms with E-state index in [9.17, 15) is 0 Å². The molecule has 19 heavy (non-hydrogen) atoms. The molecule has 0 amide bonds. The van der Waals surface area contributed by atoms with Crippen LogP contribution >= 0.6 is 11.6 Å². The molecule has 0 fully saturated rings. The van der Waals surface area contributed by atoms with Crippen molar-refractivity contribution in [2.24, 2.45) is 0 Å². The van der Waals surface area contributed by atoms with Crippen LogP contribution in [-0.4, -0.2) is 16.6 Å². The molecular weight excluding hydrogens is 262 g/mol. The first-order valence-electron chi connectivity index (χ1n) is 6.14. The smallest absolute Gasteiger partial charge is 0.234 e. The number of ether oxygens (including phenoxy) is 1. The van der Waals surface area contributed by atoms with Crippen LogP contribution in [0.4, 0.5) is 5.82 Å². The van der Waals surface area contributed by atoms with Crippen molar-refractivity contribution in [3.63, 3.8) is 0 Å². The summed E-state index contributed by atoms with van der Waals surface area (Å²) in [6.07, 6.45) is 3.28. The van der Waals surface area contributed by atoms with Gasteiger partial charge in [0.25, 0.3) is 0 Å². The van der Waals surface area contributed by atoms with Crippen LogP contribution in [-0.2, 0) is 12.4 Å². The molecule has 0 bridgehead atoms. The van der Waals surface area contributed by atoms with E-state index in [1.54, 1.807) is 12.4 Å². The molecule has 5 heteroatoms. The third-order valence-electron chi connectivity index (χ3n) is 2.56. The fourth-order valence-corrected chi connectivity index (χ4v) is 1.77. The minimum absolute atomic E-state index is 0.532. The van der Waals surface area contributed by atoms with Gasteiger partial charge in [0, 0.05) is 12.4 Å². The summed E-state index contributed by atoms with van der Waals surface area (Å²) in [6, 6.07) is 8.13. The second kappa shape index (κ2) is 6.95. The second-order valence-corrected chi connectivity index (χ2v) is 4.25. The molecule has 2 aromatic rings. The summed E-state index contributed by atoms with van der Waals surface area (Å²) in [5.41, 5.74) is 2.28. The van der Waals surface area contributed by atoms with Gasteiger partial charge in [0.05, 0.1) is 19.0 Å². The Morgan fingerprint density at radius 2 is 1.89 bits per heavy atom. The number of hydrogen-bond donors (Lipinski definition) is 1. The summed E-state index contributed by atoms with van der Waals surface area (Å²) in [5, 5.41) is 3.21. The molecule has 0 unspecified atom stereocenters. The van der Waals surface area contributed by atoms with Crippen LogP contribution in [0.2, 0.25) is 0 Å². The van der Waals surface area contributed by atoms with Crippen molar-refractivity contribution in [3.8, 4) is 5.88 Å². The Morgan fingerprint density at radius 3 is 2.58 bits per heavy atom. The van der Waals surface area contributed by atoms with E-state index in [-0.39, 0.29) is 0 Å². The van der Waals surface area contributed by atoms with Gasteiger partial charge in [-0.1, -0.05) is 24.3 Å². The van der Waals surface area contributed by atoms with Crippen LogP contribution in [0.3, 0.4) is 0 Å². The summed E-state index contributed by atoms with van der Waals surface area (Å²) in [5.74, 6) is 1.77. The normalized spacial score (nSPS) is 10.2. The Kier molecular flexibility index (Phi) is 4.98. The van der Waals surface area contributed by atoms with Gasteiger partial charge in [-0.15, -0.1) is 11.6 Å². The van der Waals surface area contributed by atoms with Crippen molar-refractivity contribution in [1.29, 1.82) is 0 Å². The molecule has 1 heterocycles. The van der Waals surface area contributed by atoms with Crippen LogP contribution in [0, 0.1) is 0 Å². The van der Waals surface area contributed by atoms with Crippen LogP contribution in [0.5, 0.6) is 5.88 Å². The lowest BCUT2D eigenvalue weighted by Crippen LogP contribution is -2.03. The first kappa shape index (κ1) is 13.6. The van der Waals surface area contributed by atoms with Crippen LogP contribution in [0.15, 0.2) is 36.7 Å². The van der Waals surface area contributed by atoms with Gasteiger partial charge in [0.2, 0.25) is 5.88 Å². The van der Waals surface area contributed by atoms with E-state index >= 15 is 0 Å². The standard InChI is InChI=1S/C14H16ClN3O/c1-2-19-14-10-16-9-13(18-14)17-8-12-5-3-11(7-15)4-6-12/h3-6,9-10H,2,7-8H2,1H3,(H,17,18). The van der Waals surface area contributed by atoms with Gasteiger partial charge in [0.1, 0.15) is 5.82 Å². The van der Waals surface area contributed by atoms with Crippen LogP contribution in [0.1, 0.15) is 18.1 Å². The molecule has 0 aliphatic rings. The van der Waals surface area contributed by atoms with Crippen molar-refractivity contribution >= 4 is 17.4 Å². The van der Waals surface area contributed by atoms with Gasteiger partial charge in [0.15, 0.2) is 0 Å². The summed E-state index contributed by atoms with van der Waals surface area (Å²) in [7, 11) is 0. The van der Waals surface area contributed by atoms with Gasteiger partial charge >= 0.3 is 0 Å². The van der Waals surface area contributed by atoms with E-state index in [1.807, 2.05) is 31.2 Å². The maximum absolute atomic E-state index is 5.75. The second-order valence-electron chi connectivity index (χ2n) is 3.98. The highest BCUT2D eigenvalue weighted by molar-refractivity contribution is 6.17. The average molecular weight is 278 g/mol. The Labute approximate surface area is 117 Å². The Balaban J connectivity index is 1.95. The number of halogens is 1. The third kappa shape index (κ3) is 4.10. The molecule has 0 atom stereocenters. The molecule has 0 spiro atoms. The quantitative estimate of drug-likeness (QED) is 0.824. The highest BCUT2D eigenvalue weighted by Gasteiger charge is 1.99. The third-order valence-corrected chi connectivity index (χ3v) is 2.86. The van der Waals surface area contributed by atoms with E-state index in [4.69, 9.17) is 16.3 Å². The first-order valence-corrected chi connectivity index (χ1v) is 6.67. The molecular formula is C14H16ClN3O. The monoisotopic (exact) mass is 277 g/mol. The fourth-order valence-electron chi connectivity index (χ4n) is 1.59. The van der Waals surface area contributed by atoms with Crippen molar-refractivity contribution < 1.29 is 4.74 Å². The van der Waals surface area contributed by atoms with E-state index in [2.05, 4.69) is 15.3 Å². The largest absolute Gasteiger partial charge is 0.477 e. The van der Waals surface area contributed by atoms with E-state index in [1.165, 1.54) is 0 Å². The van der Waals surface area contributed by atoms with Gasteiger partial charge < -0.3 is 10.1 Å². The summed E-state index contributed by atoms with van der Waals surface area (Å²) in [6.45, 7) is 3.19. The van der Waals surface area contributed by atoms with Gasteiger partial charge in [-0.3, -0.25) is 4.98 Å². The molecule has 0 aliphatic carbocycles. The molecule has 100 valence electrons. The number of nitrogens with one attached hydrogen (secondary N) is 1. The minimum atomic E-state index is 0.532. The predicted octanol–water partition coefficient (Wildman–Crippen LogP) is 3.23. The predicted molar refractivity (Wildman–Crippen MR) is 76.5 cm³/mol. The number of aromatic nitrogens is 2. The summed E-state index contributed by atoms with van der Waals surface area (Å²) < 4.78 is 5.30. The van der Waals surface area contributed by atoms with Crippen molar-refractivity contribution in [2.45, 2.75) is 19.3 Å². The van der Waals surface area contributed by atoms with E-state index < -0.39 is 0 Å². The highest BCUT2D eigenvalue weighted by atomic mass is 35.5. The zero-order chi connectivity index (χ0) is 13.5. The van der Waals surface area contributed by atoms with E-state index in [0.29, 0.717) is 30.7 Å². The molecule has 0 radical (unpaired) electrons. The lowest BCUT2D eigenvalue weighted by atomic mass is 10.1.